The Labute approximate surface area is 341 Å². The number of carbonyl (C=O) groups is 4. The molecule has 0 radical (unpaired) electrons. The third-order valence-corrected chi connectivity index (χ3v) is 11.1. The highest BCUT2D eigenvalue weighted by Gasteiger charge is 2.39. The van der Waals surface area contributed by atoms with Crippen LogP contribution in [0.4, 0.5) is 15.3 Å². The molecule has 0 aliphatic carbocycles. The number of para-hydroxylation sites is 1. The fourth-order valence-corrected chi connectivity index (χ4v) is 8.12. The van der Waals surface area contributed by atoms with Gasteiger partial charge in [0.25, 0.3) is 0 Å². The summed E-state index contributed by atoms with van der Waals surface area (Å²) in [5.74, 6) is 0.485. The van der Waals surface area contributed by atoms with E-state index in [-0.39, 0.29) is 12.1 Å². The van der Waals surface area contributed by atoms with Gasteiger partial charge < -0.3 is 55.0 Å². The Hall–Kier alpha value is -6.20. The third-order valence-electron chi connectivity index (χ3n) is 11.1. The highest BCUT2D eigenvalue weighted by Crippen LogP contribution is 2.34. The highest BCUT2D eigenvalue weighted by atomic mass is 16.5. The zero-order valence-electron chi connectivity index (χ0n) is 33.6. The Kier molecular flexibility index (Phi) is 12.3. The number of likely N-dealkylation sites (tertiary alicyclic amines) is 2. The van der Waals surface area contributed by atoms with Crippen LogP contribution in [0.25, 0.3) is 22.1 Å². The van der Waals surface area contributed by atoms with E-state index in [1.54, 1.807) is 9.80 Å². The van der Waals surface area contributed by atoms with Crippen molar-refractivity contribution in [2.24, 2.45) is 0 Å². The molecular formula is C42H51N9O8. The van der Waals surface area contributed by atoms with Crippen molar-refractivity contribution < 1.29 is 38.9 Å². The van der Waals surface area contributed by atoms with Crippen LogP contribution in [0.2, 0.25) is 0 Å². The second kappa shape index (κ2) is 17.7. The Morgan fingerprint density at radius 1 is 0.729 bits per heavy atom. The Balaban J connectivity index is 1.09. The largest absolute Gasteiger partial charge is 0.453 e. The number of amides is 4. The third kappa shape index (κ3) is 8.95. The Morgan fingerprint density at radius 2 is 1.17 bits per heavy atom. The van der Waals surface area contributed by atoms with Crippen LogP contribution in [-0.2, 0) is 32.2 Å². The quantitative estimate of drug-likeness (QED) is 0.0991. The highest BCUT2D eigenvalue weighted by molar-refractivity contribution is 5.88. The van der Waals surface area contributed by atoms with Gasteiger partial charge in [0, 0.05) is 31.9 Å². The number of fused-ring (bicyclic) bond motifs is 2. The number of ether oxygens (including phenoxy) is 2. The summed E-state index contributed by atoms with van der Waals surface area (Å²) < 4.78 is 9.35. The summed E-state index contributed by atoms with van der Waals surface area (Å²) in [7, 11) is 2.41. The molecule has 3 aromatic carbocycles. The molecule has 6 unspecified atom stereocenters. The van der Waals surface area contributed by atoms with Crippen LogP contribution in [0, 0.1) is 0 Å². The fourth-order valence-electron chi connectivity index (χ4n) is 8.12. The lowest BCUT2D eigenvalue weighted by atomic mass is 10.1. The minimum Gasteiger partial charge on any atom is -0.453 e. The predicted octanol–water partition coefficient (Wildman–Crippen LogP) is 4.18. The molecule has 59 heavy (non-hydrogen) atoms. The van der Waals surface area contributed by atoms with Crippen molar-refractivity contribution in [3.05, 3.63) is 89.5 Å². The maximum atomic E-state index is 13.6. The van der Waals surface area contributed by atoms with Gasteiger partial charge in [-0.15, -0.1) is 0 Å². The van der Waals surface area contributed by atoms with E-state index in [0.29, 0.717) is 50.7 Å². The molecule has 4 heterocycles. The SMILES string of the molecule is COC(=O)NC(C(=O)N1CCCC1c1nc2ccc(CN(Cc3ccc4nc(C5CCCN5C(=O)C(NC(=O)OC)C(C)O)[nH]c4c3)c3ccccc3)cc2[nH]1)C(C)O. The summed E-state index contributed by atoms with van der Waals surface area (Å²) in [6.07, 6.45) is -0.966. The molecule has 2 saturated heterocycles. The standard InChI is InChI=1S/C42H51N9O8/c1-24(52)35(47-41(56)58-3)39(54)50-18-8-12-33(50)37-43-29-16-14-26(20-31(29)45-37)22-49(28-10-6-5-7-11-28)23-27-15-17-30-32(21-27)46-38(44-30)34-13-9-19-51(34)40(55)36(25(2)53)48-42(57)59-4/h5-7,10-11,14-17,20-21,24-25,33-36,52-53H,8-9,12-13,18-19,22-23H2,1-4H3,(H,43,45)(H,44,46)(H,47,56)(H,48,57). The molecule has 0 bridgehead atoms. The molecule has 4 amide bonds. The number of nitrogens with one attached hydrogen (secondary N) is 4. The second-order valence-corrected chi connectivity index (χ2v) is 15.2. The predicted molar refractivity (Wildman–Crippen MR) is 218 cm³/mol. The minimum absolute atomic E-state index is 0.347. The summed E-state index contributed by atoms with van der Waals surface area (Å²) in [6, 6.07) is 19.3. The molecule has 2 fully saturated rings. The van der Waals surface area contributed by atoms with Crippen LogP contribution in [0.5, 0.6) is 0 Å². The van der Waals surface area contributed by atoms with Gasteiger partial charge in [0.15, 0.2) is 0 Å². The molecule has 17 nitrogen and oxygen atoms in total. The lowest BCUT2D eigenvalue weighted by Crippen LogP contribution is -2.53. The van der Waals surface area contributed by atoms with Crippen LogP contribution in [-0.4, -0.2) is 116 Å². The molecule has 0 spiro atoms. The number of anilines is 1. The van der Waals surface area contributed by atoms with Gasteiger partial charge in [0.2, 0.25) is 11.8 Å². The summed E-state index contributed by atoms with van der Waals surface area (Å²) in [4.78, 5) is 73.2. The number of aromatic amines is 2. The molecule has 312 valence electrons. The number of hydrogen-bond donors (Lipinski definition) is 6. The number of rotatable bonds is 13. The van der Waals surface area contributed by atoms with Crippen LogP contribution in [0.3, 0.4) is 0 Å². The summed E-state index contributed by atoms with van der Waals surface area (Å²) in [5.41, 5.74) is 6.30. The van der Waals surface area contributed by atoms with E-state index < -0.39 is 48.3 Å². The monoisotopic (exact) mass is 809 g/mol. The fraction of sp³-hybridized carbons (Fsp3) is 0.429. The van der Waals surface area contributed by atoms with Crippen LogP contribution >= 0.6 is 0 Å². The van der Waals surface area contributed by atoms with Gasteiger partial charge in [0.1, 0.15) is 23.7 Å². The number of benzene rings is 3. The topological polar surface area (TPSA) is 218 Å². The molecule has 2 aromatic heterocycles. The summed E-state index contributed by atoms with van der Waals surface area (Å²) >= 11 is 0. The van der Waals surface area contributed by atoms with Gasteiger partial charge in [0.05, 0.1) is 60.6 Å². The first-order valence-electron chi connectivity index (χ1n) is 19.9. The summed E-state index contributed by atoms with van der Waals surface area (Å²) in [6.45, 7) is 5.00. The van der Waals surface area contributed by atoms with Gasteiger partial charge in [-0.05, 0) is 87.1 Å². The number of aromatic nitrogens is 4. The number of aliphatic hydroxyl groups excluding tert-OH is 2. The van der Waals surface area contributed by atoms with Crippen molar-refractivity contribution in [3.63, 3.8) is 0 Å². The molecule has 2 aliphatic rings. The van der Waals surface area contributed by atoms with Crippen molar-refractivity contribution in [3.8, 4) is 0 Å². The number of methoxy groups -OCH3 is 2. The van der Waals surface area contributed by atoms with E-state index >= 15 is 0 Å². The molecule has 0 saturated carbocycles. The van der Waals surface area contributed by atoms with Gasteiger partial charge in [-0.1, -0.05) is 30.3 Å². The van der Waals surface area contributed by atoms with Crippen molar-refractivity contribution in [1.82, 2.24) is 40.4 Å². The number of aliphatic hydroxyl groups is 2. The Bertz CT molecular complexity index is 2150. The maximum absolute atomic E-state index is 13.6. The molecule has 7 rings (SSSR count). The van der Waals surface area contributed by atoms with Gasteiger partial charge in [-0.3, -0.25) is 9.59 Å². The number of nitrogens with zero attached hydrogens (tertiary/aromatic N) is 5. The van der Waals surface area contributed by atoms with Crippen LogP contribution in [0.1, 0.15) is 74.4 Å². The number of carbonyl (C=O) groups excluding carboxylic acids is 4. The lowest BCUT2D eigenvalue weighted by Gasteiger charge is -2.29. The van der Waals surface area contributed by atoms with E-state index in [4.69, 9.17) is 9.97 Å². The zero-order valence-corrected chi connectivity index (χ0v) is 33.6. The van der Waals surface area contributed by atoms with E-state index in [2.05, 4.69) is 59.2 Å². The van der Waals surface area contributed by atoms with Crippen molar-refractivity contribution in [1.29, 1.82) is 0 Å². The van der Waals surface area contributed by atoms with Crippen molar-refractivity contribution >= 4 is 51.8 Å². The normalized spacial score (nSPS) is 18.7. The van der Waals surface area contributed by atoms with Crippen molar-refractivity contribution in [2.75, 3.05) is 32.2 Å². The second-order valence-electron chi connectivity index (χ2n) is 15.2. The average Bonchev–Trinajstić information content (AvgIpc) is 4.06. The lowest BCUT2D eigenvalue weighted by molar-refractivity contribution is -0.137. The van der Waals surface area contributed by atoms with Crippen LogP contribution < -0.4 is 15.5 Å². The first kappa shape index (κ1) is 41.0. The molecule has 6 atom stereocenters. The molecule has 2 aliphatic heterocycles. The van der Waals surface area contributed by atoms with E-state index in [1.165, 1.54) is 28.1 Å². The smallest absolute Gasteiger partial charge is 0.407 e. The summed E-state index contributed by atoms with van der Waals surface area (Å²) in [5, 5.41) is 25.6. The zero-order chi connectivity index (χ0) is 41.8. The number of alkyl carbamates (subject to hydrolysis) is 2. The maximum Gasteiger partial charge on any atom is 0.407 e. The van der Waals surface area contributed by atoms with Crippen molar-refractivity contribution in [2.45, 2.75) is 89.0 Å². The Morgan fingerprint density at radius 3 is 1.58 bits per heavy atom. The number of hydrogen-bond acceptors (Lipinski definition) is 11. The van der Waals surface area contributed by atoms with E-state index in [1.807, 2.05) is 42.5 Å². The molecular weight excluding hydrogens is 759 g/mol. The van der Waals surface area contributed by atoms with Gasteiger partial charge in [-0.2, -0.15) is 0 Å². The first-order chi connectivity index (χ1) is 28.4. The van der Waals surface area contributed by atoms with Gasteiger partial charge in [-0.25, -0.2) is 19.6 Å². The molecule has 17 heteroatoms. The number of imidazole rings is 2. The van der Waals surface area contributed by atoms with E-state index in [9.17, 15) is 29.4 Å². The minimum atomic E-state index is -1.15. The first-order valence-corrected chi connectivity index (χ1v) is 19.9. The van der Waals surface area contributed by atoms with Gasteiger partial charge >= 0.3 is 12.2 Å². The molecule has 5 aromatic rings. The van der Waals surface area contributed by atoms with Crippen LogP contribution in [0.15, 0.2) is 66.7 Å². The number of H-pyrrole nitrogens is 2. The molecule has 6 N–H and O–H groups in total. The average molecular weight is 810 g/mol. The van der Waals surface area contributed by atoms with E-state index in [0.717, 1.165) is 51.7 Å².